The van der Waals surface area contributed by atoms with Crippen molar-refractivity contribution in [2.45, 2.75) is 25.8 Å². The molecule has 1 aliphatic rings. The van der Waals surface area contributed by atoms with Crippen molar-refractivity contribution in [3.63, 3.8) is 0 Å². The first-order chi connectivity index (χ1) is 16.2. The van der Waals surface area contributed by atoms with Gasteiger partial charge in [-0.25, -0.2) is 15.0 Å². The van der Waals surface area contributed by atoms with Crippen LogP contribution in [0.15, 0.2) is 73.2 Å². The van der Waals surface area contributed by atoms with Gasteiger partial charge in [0.25, 0.3) is 5.91 Å². The molecule has 0 radical (unpaired) electrons. The van der Waals surface area contributed by atoms with Crippen molar-refractivity contribution in [3.05, 3.63) is 84.3 Å². The van der Waals surface area contributed by atoms with Gasteiger partial charge in [-0.15, -0.1) is 12.4 Å². The third kappa shape index (κ3) is 4.85. The number of halogens is 1. The molecule has 0 spiro atoms. The Morgan fingerprint density at radius 1 is 1.00 bits per heavy atom. The quantitative estimate of drug-likeness (QED) is 0.428. The number of aromatic nitrogens is 3. The fourth-order valence-corrected chi connectivity index (χ4v) is 4.39. The average molecular weight is 475 g/mol. The normalized spacial score (nSPS) is 15.4. The highest BCUT2D eigenvalue weighted by Gasteiger charge is 2.30. The van der Waals surface area contributed by atoms with E-state index in [9.17, 15) is 4.79 Å². The highest BCUT2D eigenvalue weighted by molar-refractivity contribution is 6.10. The molecule has 0 aliphatic carbocycles. The number of anilines is 3. The molecule has 34 heavy (non-hydrogen) atoms. The Morgan fingerprint density at radius 3 is 2.53 bits per heavy atom. The Bertz CT molecular complexity index is 1250. The lowest BCUT2D eigenvalue weighted by Gasteiger charge is -2.35. The average Bonchev–Trinajstić information content (AvgIpc) is 2.86. The predicted octanol–water partition coefficient (Wildman–Crippen LogP) is 4.90. The number of amides is 1. The second kappa shape index (κ2) is 10.6. The van der Waals surface area contributed by atoms with Gasteiger partial charge in [0, 0.05) is 41.8 Å². The lowest BCUT2D eigenvalue weighted by molar-refractivity contribution is 0.0972. The van der Waals surface area contributed by atoms with Crippen LogP contribution >= 0.6 is 12.4 Å². The number of benzene rings is 2. The van der Waals surface area contributed by atoms with Crippen molar-refractivity contribution in [3.8, 4) is 0 Å². The van der Waals surface area contributed by atoms with Gasteiger partial charge in [-0.05, 0) is 73.7 Å². The third-order valence-electron chi connectivity index (χ3n) is 6.02. The topological polar surface area (TPSA) is 83.0 Å². The van der Waals surface area contributed by atoms with Crippen molar-refractivity contribution >= 4 is 46.5 Å². The van der Waals surface area contributed by atoms with Crippen LogP contribution in [0, 0.1) is 6.92 Å². The number of piperidine rings is 1. The Balaban J connectivity index is 0.00000274. The van der Waals surface area contributed by atoms with Gasteiger partial charge in [-0.3, -0.25) is 9.69 Å². The van der Waals surface area contributed by atoms with Gasteiger partial charge >= 0.3 is 0 Å². The molecule has 2 aromatic heterocycles. The van der Waals surface area contributed by atoms with Crippen LogP contribution in [-0.4, -0.2) is 40.0 Å². The highest BCUT2D eigenvalue weighted by Crippen LogP contribution is 2.31. The zero-order valence-electron chi connectivity index (χ0n) is 18.9. The van der Waals surface area contributed by atoms with Crippen molar-refractivity contribution < 1.29 is 4.79 Å². The summed E-state index contributed by atoms with van der Waals surface area (Å²) in [6.07, 6.45) is 7.12. The number of carbonyl (C=O) groups is 1. The number of nitrogens with zero attached hydrogens (tertiary/aromatic N) is 4. The molecule has 0 saturated carbocycles. The van der Waals surface area contributed by atoms with E-state index >= 15 is 0 Å². The number of aryl methyl sites for hydroxylation is 1. The minimum absolute atomic E-state index is 0. The van der Waals surface area contributed by atoms with Gasteiger partial charge in [0.2, 0.25) is 5.95 Å². The van der Waals surface area contributed by atoms with Gasteiger partial charge < -0.3 is 10.6 Å². The summed E-state index contributed by atoms with van der Waals surface area (Å²) in [5.74, 6) is 1.19. The standard InChI is InChI=1S/C26H26N6O.ClH/c1-18-5-2-6-19-12-16-28-24(23(18)19)32(22-7-3-13-27-17-22)25(33)20-8-10-21(11-9-20)31-26-29-14-4-15-30-26;/h2,4-6,8-12,14-16,22,27H,3,7,13,17H2,1H3,(H,29,30,31);1H/t22-;/m1./s1. The zero-order valence-corrected chi connectivity index (χ0v) is 19.8. The first-order valence-electron chi connectivity index (χ1n) is 11.2. The van der Waals surface area contributed by atoms with Crippen LogP contribution in [-0.2, 0) is 0 Å². The van der Waals surface area contributed by atoms with Crippen LogP contribution in [0.2, 0.25) is 0 Å². The fraction of sp³-hybridized carbons (Fsp3) is 0.231. The Morgan fingerprint density at radius 2 is 1.79 bits per heavy atom. The molecule has 7 nitrogen and oxygen atoms in total. The zero-order chi connectivity index (χ0) is 22.6. The summed E-state index contributed by atoms with van der Waals surface area (Å²) in [6.45, 7) is 3.80. The molecule has 0 bridgehead atoms. The Labute approximate surface area is 205 Å². The van der Waals surface area contributed by atoms with E-state index < -0.39 is 0 Å². The molecule has 1 aliphatic heterocycles. The smallest absolute Gasteiger partial charge is 0.259 e. The monoisotopic (exact) mass is 474 g/mol. The fourth-order valence-electron chi connectivity index (χ4n) is 4.39. The Kier molecular flexibility index (Phi) is 7.35. The van der Waals surface area contributed by atoms with Crippen molar-refractivity contribution in [1.82, 2.24) is 20.3 Å². The number of hydrogen-bond donors (Lipinski definition) is 2. The molecular formula is C26H27ClN6O. The molecule has 1 fully saturated rings. The molecule has 0 unspecified atom stereocenters. The van der Waals surface area contributed by atoms with Gasteiger partial charge in [0.1, 0.15) is 5.82 Å². The van der Waals surface area contributed by atoms with Gasteiger partial charge in [0.05, 0.1) is 6.04 Å². The minimum atomic E-state index is -0.0468. The molecule has 1 amide bonds. The number of nitrogens with one attached hydrogen (secondary N) is 2. The minimum Gasteiger partial charge on any atom is -0.324 e. The molecule has 3 heterocycles. The van der Waals surface area contributed by atoms with Crippen LogP contribution in [0.1, 0.15) is 28.8 Å². The van der Waals surface area contributed by atoms with E-state index in [0.29, 0.717) is 11.5 Å². The number of fused-ring (bicyclic) bond motifs is 1. The predicted molar refractivity (Wildman–Crippen MR) is 138 cm³/mol. The van der Waals surface area contributed by atoms with E-state index in [0.717, 1.165) is 53.8 Å². The van der Waals surface area contributed by atoms with Gasteiger partial charge in [-0.2, -0.15) is 0 Å². The summed E-state index contributed by atoms with van der Waals surface area (Å²) in [4.78, 5) is 28.9. The van der Waals surface area contributed by atoms with E-state index in [1.54, 1.807) is 24.7 Å². The van der Waals surface area contributed by atoms with Crippen molar-refractivity contribution in [2.75, 3.05) is 23.3 Å². The summed E-state index contributed by atoms with van der Waals surface area (Å²) in [6, 6.07) is 17.4. The van der Waals surface area contributed by atoms with Crippen LogP contribution < -0.4 is 15.5 Å². The Hall–Kier alpha value is -3.55. The second-order valence-corrected chi connectivity index (χ2v) is 8.26. The first-order valence-corrected chi connectivity index (χ1v) is 11.2. The number of pyridine rings is 1. The second-order valence-electron chi connectivity index (χ2n) is 8.26. The van der Waals surface area contributed by atoms with Gasteiger partial charge in [0.15, 0.2) is 0 Å². The number of carbonyl (C=O) groups excluding carboxylic acids is 1. The van der Waals surface area contributed by atoms with Crippen molar-refractivity contribution in [1.29, 1.82) is 0 Å². The molecule has 2 N–H and O–H groups in total. The maximum atomic E-state index is 13.9. The number of rotatable bonds is 5. The van der Waals surface area contributed by atoms with Crippen LogP contribution in [0.4, 0.5) is 17.5 Å². The molecule has 2 aromatic carbocycles. The van der Waals surface area contributed by atoms with E-state index in [-0.39, 0.29) is 24.4 Å². The molecule has 1 atom stereocenters. The molecule has 4 aromatic rings. The van der Waals surface area contributed by atoms with Crippen LogP contribution in [0.25, 0.3) is 10.8 Å². The van der Waals surface area contributed by atoms with Crippen molar-refractivity contribution in [2.24, 2.45) is 0 Å². The largest absolute Gasteiger partial charge is 0.324 e. The lowest BCUT2D eigenvalue weighted by Crippen LogP contribution is -2.49. The SMILES string of the molecule is Cc1cccc2ccnc(N(C(=O)c3ccc(Nc4ncccn4)cc3)[C@@H]3CCCNC3)c12.Cl. The third-order valence-corrected chi connectivity index (χ3v) is 6.02. The van der Waals surface area contributed by atoms with E-state index in [2.05, 4.69) is 39.7 Å². The molecular weight excluding hydrogens is 448 g/mol. The first kappa shape index (κ1) is 23.6. The molecule has 8 heteroatoms. The molecule has 1 saturated heterocycles. The lowest BCUT2D eigenvalue weighted by atomic mass is 10.0. The molecule has 5 rings (SSSR count). The maximum Gasteiger partial charge on any atom is 0.259 e. The summed E-state index contributed by atoms with van der Waals surface area (Å²) in [5.41, 5.74) is 2.55. The summed E-state index contributed by atoms with van der Waals surface area (Å²) in [5, 5.41) is 8.71. The van der Waals surface area contributed by atoms with Gasteiger partial charge in [-0.1, -0.05) is 18.2 Å². The maximum absolute atomic E-state index is 13.9. The summed E-state index contributed by atoms with van der Waals surface area (Å²) < 4.78 is 0. The summed E-state index contributed by atoms with van der Waals surface area (Å²) >= 11 is 0. The van der Waals surface area contributed by atoms with Crippen LogP contribution in [0.5, 0.6) is 0 Å². The number of hydrogen-bond acceptors (Lipinski definition) is 6. The molecule has 174 valence electrons. The summed E-state index contributed by atoms with van der Waals surface area (Å²) in [7, 11) is 0. The van der Waals surface area contributed by atoms with E-state index in [4.69, 9.17) is 4.98 Å². The highest BCUT2D eigenvalue weighted by atomic mass is 35.5. The van der Waals surface area contributed by atoms with Crippen LogP contribution in [0.3, 0.4) is 0 Å². The van der Waals surface area contributed by atoms with E-state index in [1.165, 1.54) is 0 Å². The van der Waals surface area contributed by atoms with E-state index in [1.807, 2.05) is 41.3 Å².